The van der Waals surface area contributed by atoms with Gasteiger partial charge in [-0.3, -0.25) is 20.4 Å². The Kier molecular flexibility index (Phi) is 4.11. The van der Waals surface area contributed by atoms with Crippen LogP contribution < -0.4 is 15.6 Å². The van der Waals surface area contributed by atoms with Crippen molar-refractivity contribution in [2.45, 2.75) is 33.1 Å². The molecular formula is C19H24N2O3. The number of hydrogen-bond acceptors (Lipinski definition) is 3. The van der Waals surface area contributed by atoms with E-state index in [2.05, 4.69) is 31.3 Å². The highest BCUT2D eigenvalue weighted by Gasteiger charge is 2.60. The molecule has 1 aromatic carbocycles. The summed E-state index contributed by atoms with van der Waals surface area (Å²) in [5, 5.41) is 0. The smallest absolute Gasteiger partial charge is 0.276 e. The molecule has 2 amide bonds. The molecule has 128 valence electrons. The summed E-state index contributed by atoms with van der Waals surface area (Å²) < 4.78 is 5.36. The fraction of sp³-hybridized carbons (Fsp3) is 0.474. The van der Waals surface area contributed by atoms with Crippen LogP contribution in [-0.2, 0) is 9.59 Å². The van der Waals surface area contributed by atoms with E-state index in [0.717, 1.165) is 24.8 Å². The summed E-state index contributed by atoms with van der Waals surface area (Å²) in [6.07, 6.45) is 2.66. The highest BCUT2D eigenvalue weighted by molar-refractivity contribution is 5.89. The molecule has 0 radical (unpaired) electrons. The van der Waals surface area contributed by atoms with E-state index in [0.29, 0.717) is 11.7 Å². The van der Waals surface area contributed by atoms with Crippen molar-refractivity contribution in [3.8, 4) is 5.75 Å². The monoisotopic (exact) mass is 328 g/mol. The first kappa shape index (κ1) is 16.6. The lowest BCUT2D eigenvalue weighted by molar-refractivity contribution is -0.134. The van der Waals surface area contributed by atoms with Gasteiger partial charge in [-0.2, -0.15) is 0 Å². The second kappa shape index (κ2) is 5.96. The van der Waals surface area contributed by atoms with Crippen molar-refractivity contribution >= 4 is 11.8 Å². The van der Waals surface area contributed by atoms with Gasteiger partial charge in [0.05, 0.1) is 5.41 Å². The molecule has 2 atom stereocenters. The van der Waals surface area contributed by atoms with Crippen LogP contribution >= 0.6 is 0 Å². The predicted octanol–water partition coefficient (Wildman–Crippen LogP) is 2.60. The average molecular weight is 328 g/mol. The number of fused-ring (bicyclic) bond motifs is 2. The third-order valence-corrected chi connectivity index (χ3v) is 5.75. The van der Waals surface area contributed by atoms with Crippen molar-refractivity contribution in [3.63, 3.8) is 0 Å². The maximum atomic E-state index is 12.7. The van der Waals surface area contributed by atoms with E-state index in [1.165, 1.54) is 0 Å². The molecule has 2 aliphatic rings. The predicted molar refractivity (Wildman–Crippen MR) is 90.9 cm³/mol. The number of ether oxygens (including phenoxy) is 1. The van der Waals surface area contributed by atoms with Gasteiger partial charge in [-0.05, 0) is 42.7 Å². The van der Waals surface area contributed by atoms with Crippen LogP contribution in [0.1, 0.15) is 33.1 Å². The Bertz CT molecular complexity index is 668. The zero-order valence-electron chi connectivity index (χ0n) is 14.2. The van der Waals surface area contributed by atoms with E-state index in [9.17, 15) is 9.59 Å². The summed E-state index contributed by atoms with van der Waals surface area (Å²) in [4.78, 5) is 24.5. The van der Waals surface area contributed by atoms with E-state index >= 15 is 0 Å². The van der Waals surface area contributed by atoms with E-state index in [1.807, 2.05) is 18.2 Å². The van der Waals surface area contributed by atoms with Gasteiger partial charge in [-0.15, -0.1) is 0 Å². The number of hydrazine groups is 1. The average Bonchev–Trinajstić information content (AvgIpc) is 3.11. The number of nitrogens with one attached hydrogen (secondary N) is 2. The largest absolute Gasteiger partial charge is 0.484 e. The highest BCUT2D eigenvalue weighted by Crippen LogP contribution is 2.65. The number of rotatable bonds is 4. The van der Waals surface area contributed by atoms with Crippen molar-refractivity contribution in [2.24, 2.45) is 16.7 Å². The zero-order chi connectivity index (χ0) is 17.4. The fourth-order valence-corrected chi connectivity index (χ4v) is 4.09. The minimum atomic E-state index is -0.540. The van der Waals surface area contributed by atoms with Crippen LogP contribution in [0.4, 0.5) is 0 Å². The SMILES string of the molecule is C=C1C2(C(=O)NNC(=O)COc3ccccc3)CCC(C2)C1(C)C. The first-order valence-corrected chi connectivity index (χ1v) is 8.33. The molecule has 2 saturated carbocycles. The molecular weight excluding hydrogens is 304 g/mol. The lowest BCUT2D eigenvalue weighted by atomic mass is 9.68. The molecule has 2 unspecified atom stereocenters. The van der Waals surface area contributed by atoms with E-state index in [-0.39, 0.29) is 23.8 Å². The summed E-state index contributed by atoms with van der Waals surface area (Å²) in [5.41, 5.74) is 5.45. The third kappa shape index (κ3) is 2.68. The molecule has 24 heavy (non-hydrogen) atoms. The van der Waals surface area contributed by atoms with Crippen LogP contribution in [0.3, 0.4) is 0 Å². The maximum absolute atomic E-state index is 12.7. The van der Waals surface area contributed by atoms with Crippen LogP contribution in [-0.4, -0.2) is 18.4 Å². The Morgan fingerprint density at radius 1 is 1.25 bits per heavy atom. The normalized spacial score (nSPS) is 26.9. The van der Waals surface area contributed by atoms with Gasteiger partial charge in [-0.1, -0.05) is 44.2 Å². The van der Waals surface area contributed by atoms with Crippen molar-refractivity contribution < 1.29 is 14.3 Å². The molecule has 0 saturated heterocycles. The van der Waals surface area contributed by atoms with Gasteiger partial charge in [0, 0.05) is 0 Å². The zero-order valence-corrected chi connectivity index (χ0v) is 14.2. The molecule has 2 fully saturated rings. The van der Waals surface area contributed by atoms with Crippen molar-refractivity contribution in [3.05, 3.63) is 42.5 Å². The van der Waals surface area contributed by atoms with Gasteiger partial charge >= 0.3 is 0 Å². The van der Waals surface area contributed by atoms with Crippen LogP contribution in [0.25, 0.3) is 0 Å². The summed E-state index contributed by atoms with van der Waals surface area (Å²) in [7, 11) is 0. The van der Waals surface area contributed by atoms with Crippen molar-refractivity contribution in [1.82, 2.24) is 10.9 Å². The molecule has 2 aliphatic carbocycles. The number of benzene rings is 1. The standard InChI is InChI=1S/C19H24N2O3/c1-13-18(2,3)14-9-10-19(13,11-14)17(23)21-20-16(22)12-24-15-7-5-4-6-8-15/h4-8,14H,1,9-12H2,2-3H3,(H,20,22)(H,21,23). The first-order chi connectivity index (χ1) is 11.4. The van der Waals surface area contributed by atoms with Gasteiger partial charge in [0.25, 0.3) is 5.91 Å². The number of para-hydroxylation sites is 1. The minimum absolute atomic E-state index is 0.0178. The second-order valence-corrected chi connectivity index (χ2v) is 7.33. The molecule has 2 bridgehead atoms. The Balaban J connectivity index is 1.53. The van der Waals surface area contributed by atoms with Crippen molar-refractivity contribution in [1.29, 1.82) is 0 Å². The second-order valence-electron chi connectivity index (χ2n) is 7.33. The van der Waals surface area contributed by atoms with Gasteiger partial charge in [0.1, 0.15) is 5.75 Å². The first-order valence-electron chi connectivity index (χ1n) is 8.33. The van der Waals surface area contributed by atoms with E-state index in [4.69, 9.17) is 4.74 Å². The summed E-state index contributed by atoms with van der Waals surface area (Å²) in [5.74, 6) is 0.560. The van der Waals surface area contributed by atoms with Crippen LogP contribution in [0.2, 0.25) is 0 Å². The topological polar surface area (TPSA) is 67.4 Å². The molecule has 0 heterocycles. The number of amides is 2. The van der Waals surface area contributed by atoms with Crippen LogP contribution in [0.5, 0.6) is 5.75 Å². The van der Waals surface area contributed by atoms with Crippen molar-refractivity contribution in [2.75, 3.05) is 6.61 Å². The van der Waals surface area contributed by atoms with E-state index < -0.39 is 5.41 Å². The molecule has 2 N–H and O–H groups in total. The summed E-state index contributed by atoms with van der Waals surface area (Å²) in [6, 6.07) is 9.08. The Hall–Kier alpha value is -2.30. The molecule has 5 heteroatoms. The number of carbonyl (C=O) groups excluding carboxylic acids is 2. The molecule has 0 aromatic heterocycles. The Morgan fingerprint density at radius 3 is 2.58 bits per heavy atom. The van der Waals surface area contributed by atoms with Gasteiger partial charge in [-0.25, -0.2) is 0 Å². The number of carbonyl (C=O) groups is 2. The molecule has 3 rings (SSSR count). The van der Waals surface area contributed by atoms with Gasteiger partial charge in [0.15, 0.2) is 6.61 Å². The maximum Gasteiger partial charge on any atom is 0.276 e. The highest BCUT2D eigenvalue weighted by atomic mass is 16.5. The molecule has 5 nitrogen and oxygen atoms in total. The summed E-state index contributed by atoms with van der Waals surface area (Å²) >= 11 is 0. The molecule has 1 aromatic rings. The fourth-order valence-electron chi connectivity index (χ4n) is 4.09. The minimum Gasteiger partial charge on any atom is -0.484 e. The van der Waals surface area contributed by atoms with Crippen LogP contribution in [0.15, 0.2) is 42.5 Å². The quantitative estimate of drug-likeness (QED) is 0.659. The molecule has 0 aliphatic heterocycles. The Morgan fingerprint density at radius 2 is 1.96 bits per heavy atom. The lowest BCUT2D eigenvalue weighted by Gasteiger charge is -2.37. The van der Waals surface area contributed by atoms with E-state index in [1.54, 1.807) is 12.1 Å². The molecule has 0 spiro atoms. The third-order valence-electron chi connectivity index (χ3n) is 5.75. The summed E-state index contributed by atoms with van der Waals surface area (Å²) in [6.45, 7) is 8.35. The van der Waals surface area contributed by atoms with Gasteiger partial charge in [0.2, 0.25) is 5.91 Å². The Labute approximate surface area is 142 Å². The van der Waals surface area contributed by atoms with Crippen LogP contribution in [0, 0.1) is 16.7 Å². The van der Waals surface area contributed by atoms with Gasteiger partial charge < -0.3 is 4.74 Å². The lowest BCUT2D eigenvalue weighted by Crippen LogP contribution is -2.50. The number of hydrogen-bond donors (Lipinski definition) is 2.